The highest BCUT2D eigenvalue weighted by atomic mass is 32.2. The molecule has 1 atom stereocenters. The fourth-order valence-electron chi connectivity index (χ4n) is 3.48. The Labute approximate surface area is 179 Å². The summed E-state index contributed by atoms with van der Waals surface area (Å²) in [5.74, 6) is -3.37. The average Bonchev–Trinajstić information content (AvgIpc) is 2.76. The molecule has 1 N–H and O–H groups in total. The fraction of sp³-hybridized carbons (Fsp3) is 0.381. The molecule has 168 valence electrons. The minimum atomic E-state index is -3.39. The number of amides is 1. The van der Waals surface area contributed by atoms with Crippen LogP contribution in [-0.2, 0) is 10.0 Å². The number of carbonyl (C=O) groups is 1. The molecule has 10 heteroatoms. The van der Waals surface area contributed by atoms with E-state index >= 15 is 0 Å². The van der Waals surface area contributed by atoms with Crippen LogP contribution in [0.4, 0.5) is 18.9 Å². The highest BCUT2D eigenvalue weighted by molar-refractivity contribution is 7.92. The molecule has 31 heavy (non-hydrogen) atoms. The molecule has 3 rings (SSSR count). The van der Waals surface area contributed by atoms with Crippen LogP contribution in [0.5, 0.6) is 0 Å². The summed E-state index contributed by atoms with van der Waals surface area (Å²) in [6.07, 6.45) is 0. The number of nitrogens with zero attached hydrogens (tertiary/aromatic N) is 2. The first-order valence-corrected chi connectivity index (χ1v) is 11.5. The molecular weight excluding hydrogens is 431 g/mol. The van der Waals surface area contributed by atoms with E-state index in [9.17, 15) is 26.4 Å². The van der Waals surface area contributed by atoms with Gasteiger partial charge in [0.1, 0.15) is 5.82 Å². The molecule has 1 unspecified atom stereocenters. The molecule has 2 aromatic carbocycles. The normalized spacial score (nSPS) is 16.2. The van der Waals surface area contributed by atoms with E-state index in [1.54, 1.807) is 24.0 Å². The van der Waals surface area contributed by atoms with E-state index in [1.165, 1.54) is 19.1 Å². The molecule has 1 heterocycles. The number of anilines is 1. The van der Waals surface area contributed by atoms with Crippen molar-refractivity contribution in [3.05, 3.63) is 65.0 Å². The number of piperazine rings is 1. The number of benzene rings is 2. The number of carbonyl (C=O) groups excluding carboxylic acids is 1. The van der Waals surface area contributed by atoms with Crippen LogP contribution in [0, 0.1) is 17.5 Å². The topological polar surface area (TPSA) is 69.7 Å². The summed E-state index contributed by atoms with van der Waals surface area (Å²) in [5, 5.41) is 0. The zero-order valence-electron chi connectivity index (χ0n) is 17.2. The Hall–Kier alpha value is -2.59. The molecule has 1 fully saturated rings. The zero-order chi connectivity index (χ0) is 22.8. The molecule has 1 aliphatic rings. The molecule has 1 saturated heterocycles. The molecule has 2 aromatic rings. The highest BCUT2D eigenvalue weighted by Crippen LogP contribution is 2.26. The van der Waals surface area contributed by atoms with Crippen LogP contribution in [0.25, 0.3) is 0 Å². The van der Waals surface area contributed by atoms with Crippen LogP contribution in [0.1, 0.15) is 35.8 Å². The molecule has 1 amide bonds. The zero-order valence-corrected chi connectivity index (χ0v) is 18.1. The fourth-order valence-corrected chi connectivity index (χ4v) is 4.12. The average molecular weight is 456 g/mol. The second-order valence-corrected chi connectivity index (χ2v) is 9.39. The lowest BCUT2D eigenvalue weighted by molar-refractivity contribution is 0.0578. The van der Waals surface area contributed by atoms with Crippen LogP contribution >= 0.6 is 0 Å². The van der Waals surface area contributed by atoms with Crippen molar-refractivity contribution in [3.63, 3.8) is 0 Å². The lowest BCUT2D eigenvalue weighted by atomic mass is 10.0. The van der Waals surface area contributed by atoms with Gasteiger partial charge in [-0.3, -0.25) is 14.4 Å². The van der Waals surface area contributed by atoms with Crippen LogP contribution < -0.4 is 4.72 Å². The van der Waals surface area contributed by atoms with Crippen molar-refractivity contribution < 1.29 is 26.4 Å². The third kappa shape index (κ3) is 5.37. The van der Waals surface area contributed by atoms with Gasteiger partial charge in [0.2, 0.25) is 10.0 Å². The summed E-state index contributed by atoms with van der Waals surface area (Å²) in [6, 6.07) is 7.13. The highest BCUT2D eigenvalue weighted by Gasteiger charge is 2.27. The van der Waals surface area contributed by atoms with Crippen molar-refractivity contribution >= 4 is 21.6 Å². The number of halogens is 3. The van der Waals surface area contributed by atoms with Crippen LogP contribution in [0.15, 0.2) is 36.4 Å². The van der Waals surface area contributed by atoms with E-state index in [1.807, 2.05) is 4.90 Å². The van der Waals surface area contributed by atoms with Gasteiger partial charge in [0, 0.05) is 55.1 Å². The monoisotopic (exact) mass is 455 g/mol. The maximum absolute atomic E-state index is 14.1. The summed E-state index contributed by atoms with van der Waals surface area (Å²) >= 11 is 0. The van der Waals surface area contributed by atoms with Gasteiger partial charge in [-0.05, 0) is 44.2 Å². The molecule has 0 radical (unpaired) electrons. The molecule has 0 spiro atoms. The van der Waals surface area contributed by atoms with Crippen molar-refractivity contribution in [3.8, 4) is 0 Å². The van der Waals surface area contributed by atoms with Crippen molar-refractivity contribution in [2.75, 3.05) is 36.7 Å². The van der Waals surface area contributed by atoms with E-state index in [-0.39, 0.29) is 17.2 Å². The second kappa shape index (κ2) is 9.27. The summed E-state index contributed by atoms with van der Waals surface area (Å²) in [4.78, 5) is 16.3. The van der Waals surface area contributed by atoms with E-state index in [0.717, 1.165) is 6.07 Å². The number of sulfonamides is 1. The van der Waals surface area contributed by atoms with Gasteiger partial charge in [0.25, 0.3) is 5.91 Å². The van der Waals surface area contributed by atoms with Gasteiger partial charge in [-0.15, -0.1) is 0 Å². The van der Waals surface area contributed by atoms with E-state index in [4.69, 9.17) is 0 Å². The second-order valence-electron chi connectivity index (χ2n) is 7.37. The SMILES string of the molecule is CCS(=O)(=O)Nc1ccc(C(=O)N2CCN(C(C)c3cc(F)c(F)cc3F)CC2)cc1. The number of hydrogen-bond donors (Lipinski definition) is 1. The van der Waals surface area contributed by atoms with Gasteiger partial charge in [0.05, 0.1) is 5.75 Å². The third-order valence-electron chi connectivity index (χ3n) is 5.42. The Kier molecular flexibility index (Phi) is 6.90. The van der Waals surface area contributed by atoms with Gasteiger partial charge in [-0.1, -0.05) is 0 Å². The molecule has 0 saturated carbocycles. The van der Waals surface area contributed by atoms with Crippen molar-refractivity contribution in [2.45, 2.75) is 19.9 Å². The predicted molar refractivity (Wildman–Crippen MR) is 112 cm³/mol. The predicted octanol–water partition coefficient (Wildman–Crippen LogP) is 3.38. The first-order chi connectivity index (χ1) is 14.6. The van der Waals surface area contributed by atoms with Gasteiger partial charge < -0.3 is 4.90 Å². The summed E-state index contributed by atoms with van der Waals surface area (Å²) in [6.45, 7) is 4.90. The Balaban J connectivity index is 1.61. The van der Waals surface area contributed by atoms with Crippen molar-refractivity contribution in [2.24, 2.45) is 0 Å². The van der Waals surface area contributed by atoms with Gasteiger partial charge in [-0.2, -0.15) is 0 Å². The molecular formula is C21H24F3N3O3S. The lowest BCUT2D eigenvalue weighted by Crippen LogP contribution is -2.49. The molecule has 1 aliphatic heterocycles. The Morgan fingerprint density at radius 1 is 1.00 bits per heavy atom. The van der Waals surface area contributed by atoms with Crippen LogP contribution in [-0.4, -0.2) is 56.1 Å². The van der Waals surface area contributed by atoms with Gasteiger partial charge in [-0.25, -0.2) is 21.6 Å². The van der Waals surface area contributed by atoms with E-state index in [0.29, 0.717) is 43.5 Å². The molecule has 0 aliphatic carbocycles. The molecule has 0 bridgehead atoms. The first-order valence-electron chi connectivity index (χ1n) is 9.89. The number of rotatable bonds is 6. The van der Waals surface area contributed by atoms with Crippen LogP contribution in [0.3, 0.4) is 0 Å². The van der Waals surface area contributed by atoms with Gasteiger partial charge in [0.15, 0.2) is 11.6 Å². The molecule has 0 aromatic heterocycles. The number of hydrogen-bond acceptors (Lipinski definition) is 4. The summed E-state index contributed by atoms with van der Waals surface area (Å²) < 4.78 is 66.5. The molecule has 6 nitrogen and oxygen atoms in total. The Morgan fingerprint density at radius 2 is 1.58 bits per heavy atom. The lowest BCUT2D eigenvalue weighted by Gasteiger charge is -2.38. The van der Waals surface area contributed by atoms with E-state index in [2.05, 4.69) is 4.72 Å². The number of nitrogens with one attached hydrogen (secondary N) is 1. The standard InChI is InChI=1S/C21H24F3N3O3S/c1-3-31(29,30)25-16-6-4-15(5-7-16)21(28)27-10-8-26(9-11-27)14(2)17-12-19(23)20(24)13-18(17)22/h4-7,12-14,25H,3,8-11H2,1-2H3. The minimum absolute atomic E-state index is 0.0507. The smallest absolute Gasteiger partial charge is 0.253 e. The van der Waals surface area contributed by atoms with Crippen molar-refractivity contribution in [1.82, 2.24) is 9.80 Å². The minimum Gasteiger partial charge on any atom is -0.336 e. The summed E-state index contributed by atoms with van der Waals surface area (Å²) in [7, 11) is -3.39. The Bertz CT molecular complexity index is 1050. The Morgan fingerprint density at radius 3 is 2.16 bits per heavy atom. The maximum atomic E-state index is 14.1. The first kappa shape index (κ1) is 23.1. The van der Waals surface area contributed by atoms with Crippen molar-refractivity contribution in [1.29, 1.82) is 0 Å². The third-order valence-corrected chi connectivity index (χ3v) is 6.73. The quantitative estimate of drug-likeness (QED) is 0.678. The largest absolute Gasteiger partial charge is 0.336 e. The summed E-state index contributed by atoms with van der Waals surface area (Å²) in [5.41, 5.74) is 0.877. The maximum Gasteiger partial charge on any atom is 0.253 e. The van der Waals surface area contributed by atoms with Crippen LogP contribution in [0.2, 0.25) is 0 Å². The van der Waals surface area contributed by atoms with E-state index < -0.39 is 33.5 Å². The van der Waals surface area contributed by atoms with Gasteiger partial charge >= 0.3 is 0 Å².